The molecule has 0 aliphatic carbocycles. The van der Waals surface area contributed by atoms with E-state index in [0.29, 0.717) is 35.4 Å². The smallest absolute Gasteiger partial charge is 0.310 e. The number of fused-ring (bicyclic) bond motifs is 1. The van der Waals surface area contributed by atoms with Crippen molar-refractivity contribution in [2.24, 2.45) is 0 Å². The number of anilines is 1. The molecule has 1 atom stereocenters. The van der Waals surface area contributed by atoms with Gasteiger partial charge in [-0.3, -0.25) is 19.5 Å². The zero-order chi connectivity index (χ0) is 25.7. The highest BCUT2D eigenvalue weighted by Crippen LogP contribution is 2.27. The topological polar surface area (TPSA) is 110 Å². The summed E-state index contributed by atoms with van der Waals surface area (Å²) in [7, 11) is 0. The molecule has 0 spiro atoms. The molecule has 0 aliphatic rings. The van der Waals surface area contributed by atoms with Gasteiger partial charge in [-0.1, -0.05) is 49.4 Å². The van der Waals surface area contributed by atoms with Crippen LogP contribution in [0, 0.1) is 10.1 Å². The average molecular weight is 486 g/mol. The zero-order valence-electron chi connectivity index (χ0n) is 20.1. The van der Waals surface area contributed by atoms with Crippen LogP contribution in [0.25, 0.3) is 10.9 Å². The number of para-hydroxylation sites is 1. The fraction of sp³-hybridized carbons (Fsp3) is 0.222. The Morgan fingerprint density at radius 2 is 1.69 bits per heavy atom. The van der Waals surface area contributed by atoms with Crippen LogP contribution in [0.3, 0.4) is 0 Å². The summed E-state index contributed by atoms with van der Waals surface area (Å²) in [4.78, 5) is 43.9. The molecule has 4 aromatic rings. The van der Waals surface area contributed by atoms with Gasteiger partial charge in [0.05, 0.1) is 21.9 Å². The van der Waals surface area contributed by atoms with E-state index in [0.717, 1.165) is 5.56 Å². The Bertz CT molecular complexity index is 1430. The lowest BCUT2D eigenvalue weighted by Crippen LogP contribution is -2.40. The van der Waals surface area contributed by atoms with Crippen LogP contribution in [0.1, 0.15) is 37.7 Å². The first kappa shape index (κ1) is 24.6. The number of nitrogens with one attached hydrogen (secondary N) is 1. The Morgan fingerprint density at radius 1 is 1.03 bits per heavy atom. The first-order chi connectivity index (χ1) is 17.4. The normalized spacial score (nSPS) is 11.7. The molecule has 1 heterocycles. The van der Waals surface area contributed by atoms with E-state index in [4.69, 9.17) is 4.98 Å². The predicted molar refractivity (Wildman–Crippen MR) is 139 cm³/mol. The van der Waals surface area contributed by atoms with Gasteiger partial charge in [0, 0.05) is 30.9 Å². The van der Waals surface area contributed by atoms with Gasteiger partial charge in [0.25, 0.3) is 11.2 Å². The molecule has 0 saturated carbocycles. The van der Waals surface area contributed by atoms with E-state index in [1.165, 1.54) is 24.3 Å². The van der Waals surface area contributed by atoms with Gasteiger partial charge in [-0.15, -0.1) is 0 Å². The van der Waals surface area contributed by atoms with Crippen molar-refractivity contribution < 1.29 is 9.72 Å². The van der Waals surface area contributed by atoms with Crippen LogP contribution in [0.4, 0.5) is 16.2 Å². The Labute approximate surface area is 208 Å². The van der Waals surface area contributed by atoms with Gasteiger partial charge in [0.15, 0.2) is 0 Å². The minimum absolute atomic E-state index is 0.0621. The summed E-state index contributed by atoms with van der Waals surface area (Å²) in [5.74, 6) is 0.512. The molecule has 0 radical (unpaired) electrons. The fourth-order valence-electron chi connectivity index (χ4n) is 4.25. The van der Waals surface area contributed by atoms with Gasteiger partial charge in [-0.05, 0) is 43.2 Å². The number of urea groups is 1. The van der Waals surface area contributed by atoms with E-state index in [2.05, 4.69) is 5.32 Å². The maximum absolute atomic E-state index is 13.6. The molecule has 36 heavy (non-hydrogen) atoms. The number of nitro benzene ring substituents is 1. The van der Waals surface area contributed by atoms with Gasteiger partial charge in [0.1, 0.15) is 5.82 Å². The molecule has 0 aliphatic heterocycles. The van der Waals surface area contributed by atoms with Crippen molar-refractivity contribution in [1.29, 1.82) is 0 Å². The maximum atomic E-state index is 13.6. The highest BCUT2D eigenvalue weighted by atomic mass is 16.6. The zero-order valence-corrected chi connectivity index (χ0v) is 20.1. The van der Waals surface area contributed by atoms with Gasteiger partial charge in [-0.2, -0.15) is 0 Å². The minimum atomic E-state index is -0.500. The molecule has 0 fully saturated rings. The van der Waals surface area contributed by atoms with E-state index in [1.54, 1.807) is 21.6 Å². The number of carbonyl (C=O) groups is 1. The summed E-state index contributed by atoms with van der Waals surface area (Å²) >= 11 is 0. The molecule has 1 aromatic heterocycles. The molecule has 1 unspecified atom stereocenters. The average Bonchev–Trinajstić information content (AvgIpc) is 2.89. The largest absolute Gasteiger partial charge is 0.322 e. The number of non-ortho nitro benzene ring substituents is 1. The molecule has 184 valence electrons. The van der Waals surface area contributed by atoms with E-state index in [1.807, 2.05) is 56.3 Å². The second kappa shape index (κ2) is 10.8. The lowest BCUT2D eigenvalue weighted by atomic mass is 10.1. The Morgan fingerprint density at radius 3 is 2.33 bits per heavy atom. The highest BCUT2D eigenvalue weighted by molar-refractivity contribution is 5.89. The standard InChI is InChI=1S/C27H27N5O4/c1-3-24(25-29-23-13-9-8-12-22(23)26(33)30(25)4-2)31(18-19-10-6-5-7-11-19)27(34)28-20-14-16-21(17-15-20)32(35)36/h5-17,24H,3-4,18H2,1-2H3,(H,28,34). The first-order valence-electron chi connectivity index (χ1n) is 11.8. The van der Waals surface area contributed by atoms with Crippen molar-refractivity contribution in [3.63, 3.8) is 0 Å². The summed E-state index contributed by atoms with van der Waals surface area (Å²) in [6, 6.07) is 21.5. The Hall–Kier alpha value is -4.53. The van der Waals surface area contributed by atoms with Crippen LogP contribution in [0.2, 0.25) is 0 Å². The molecule has 0 saturated heterocycles. The summed E-state index contributed by atoms with van der Waals surface area (Å²) in [6.45, 7) is 4.52. The lowest BCUT2D eigenvalue weighted by Gasteiger charge is -2.32. The molecular weight excluding hydrogens is 458 g/mol. The second-order valence-electron chi connectivity index (χ2n) is 8.31. The number of aromatic nitrogens is 2. The number of amides is 2. The molecule has 3 aromatic carbocycles. The monoisotopic (exact) mass is 485 g/mol. The molecule has 4 rings (SSSR count). The van der Waals surface area contributed by atoms with Gasteiger partial charge < -0.3 is 10.2 Å². The SMILES string of the molecule is CCC(c1nc2ccccc2c(=O)n1CC)N(Cc1ccccc1)C(=O)Nc1ccc([N+](=O)[O-])cc1. The van der Waals surface area contributed by atoms with E-state index in [9.17, 15) is 19.7 Å². The van der Waals surface area contributed by atoms with Crippen LogP contribution < -0.4 is 10.9 Å². The van der Waals surface area contributed by atoms with Crippen LogP contribution in [-0.2, 0) is 13.1 Å². The third kappa shape index (κ3) is 5.10. The van der Waals surface area contributed by atoms with Crippen LogP contribution in [-0.4, -0.2) is 25.4 Å². The number of carbonyl (C=O) groups excluding carboxylic acids is 1. The van der Waals surface area contributed by atoms with E-state index < -0.39 is 17.0 Å². The quantitative estimate of drug-likeness (QED) is 0.261. The molecule has 2 amide bonds. The number of benzene rings is 3. The third-order valence-corrected chi connectivity index (χ3v) is 6.05. The Balaban J connectivity index is 1.77. The van der Waals surface area contributed by atoms with Gasteiger partial charge in [0.2, 0.25) is 0 Å². The number of nitrogens with zero attached hydrogens (tertiary/aromatic N) is 4. The number of rotatable bonds is 8. The first-order valence-corrected chi connectivity index (χ1v) is 11.8. The summed E-state index contributed by atoms with van der Waals surface area (Å²) < 4.78 is 1.62. The number of nitro groups is 1. The van der Waals surface area contributed by atoms with Gasteiger partial charge >= 0.3 is 6.03 Å². The lowest BCUT2D eigenvalue weighted by molar-refractivity contribution is -0.384. The van der Waals surface area contributed by atoms with Crippen molar-refractivity contribution in [2.45, 2.75) is 39.4 Å². The predicted octanol–water partition coefficient (Wildman–Crippen LogP) is 5.51. The van der Waals surface area contributed by atoms with Crippen LogP contribution in [0.5, 0.6) is 0 Å². The van der Waals surface area contributed by atoms with Crippen molar-refractivity contribution in [2.75, 3.05) is 5.32 Å². The minimum Gasteiger partial charge on any atom is -0.310 e. The van der Waals surface area contributed by atoms with Crippen LogP contribution >= 0.6 is 0 Å². The molecular formula is C27H27N5O4. The van der Waals surface area contributed by atoms with E-state index >= 15 is 0 Å². The highest BCUT2D eigenvalue weighted by Gasteiger charge is 2.29. The van der Waals surface area contributed by atoms with Crippen molar-refractivity contribution >= 4 is 28.3 Å². The maximum Gasteiger partial charge on any atom is 0.322 e. The van der Waals surface area contributed by atoms with Crippen molar-refractivity contribution in [3.05, 3.63) is 111 Å². The van der Waals surface area contributed by atoms with Crippen LogP contribution in [0.15, 0.2) is 83.7 Å². The summed E-state index contributed by atoms with van der Waals surface area (Å²) in [5.41, 5.74) is 1.72. The molecule has 9 nitrogen and oxygen atoms in total. The molecule has 9 heteroatoms. The van der Waals surface area contributed by atoms with Crippen molar-refractivity contribution in [1.82, 2.24) is 14.5 Å². The third-order valence-electron chi connectivity index (χ3n) is 6.05. The van der Waals surface area contributed by atoms with E-state index in [-0.39, 0.29) is 17.8 Å². The number of hydrogen-bond acceptors (Lipinski definition) is 5. The summed E-state index contributed by atoms with van der Waals surface area (Å²) in [5, 5.41) is 14.4. The van der Waals surface area contributed by atoms with Gasteiger partial charge in [-0.25, -0.2) is 9.78 Å². The summed E-state index contributed by atoms with van der Waals surface area (Å²) in [6.07, 6.45) is 0.519. The number of hydrogen-bond donors (Lipinski definition) is 1. The Kier molecular flexibility index (Phi) is 7.39. The van der Waals surface area contributed by atoms with Crippen molar-refractivity contribution in [3.8, 4) is 0 Å². The molecule has 1 N–H and O–H groups in total. The fourth-order valence-corrected chi connectivity index (χ4v) is 4.25. The molecule has 0 bridgehead atoms. The second-order valence-corrected chi connectivity index (χ2v) is 8.31.